The van der Waals surface area contributed by atoms with Gasteiger partial charge in [0, 0.05) is 34.3 Å². The number of fused-ring (bicyclic) bond motifs is 3. The molecule has 4 aromatic rings. The Labute approximate surface area is 225 Å². The van der Waals surface area contributed by atoms with Gasteiger partial charge in [0.25, 0.3) is 21.8 Å². The third-order valence-corrected chi connectivity index (χ3v) is 9.28. The third kappa shape index (κ3) is 4.82. The number of nitrogens with zero attached hydrogens (tertiary/aromatic N) is 1. The van der Waals surface area contributed by atoms with Crippen LogP contribution in [-0.2, 0) is 16.4 Å². The molecule has 3 aromatic carbocycles. The van der Waals surface area contributed by atoms with E-state index in [1.165, 1.54) is 23.5 Å². The standard InChI is InChI=1S/C29H25N3O4S2/c33-28(30-21-14-15-21)26-18-20-16-17-32(25-9-5-4-8-24(25)27(20)37-26)29(34)19-10-12-22(13-11-19)31-38(35,36)23-6-2-1-3-7-23/h1-13,18,21,31H,14-17H2,(H,30,33). The van der Waals surface area contributed by atoms with E-state index < -0.39 is 10.0 Å². The Hall–Kier alpha value is -3.95. The van der Waals surface area contributed by atoms with Crippen molar-refractivity contribution in [2.75, 3.05) is 16.2 Å². The first-order chi connectivity index (χ1) is 18.4. The first-order valence-corrected chi connectivity index (χ1v) is 14.7. The molecule has 2 amide bonds. The van der Waals surface area contributed by atoms with Crippen LogP contribution in [-0.4, -0.2) is 32.8 Å². The minimum Gasteiger partial charge on any atom is -0.349 e. The molecule has 2 N–H and O–H groups in total. The lowest BCUT2D eigenvalue weighted by Gasteiger charge is -2.23. The van der Waals surface area contributed by atoms with Gasteiger partial charge in [-0.1, -0.05) is 36.4 Å². The summed E-state index contributed by atoms with van der Waals surface area (Å²) in [5, 5.41) is 3.06. The first-order valence-electron chi connectivity index (χ1n) is 12.4. The van der Waals surface area contributed by atoms with Crippen molar-refractivity contribution >= 4 is 44.5 Å². The van der Waals surface area contributed by atoms with Gasteiger partial charge in [0.05, 0.1) is 15.5 Å². The summed E-state index contributed by atoms with van der Waals surface area (Å²) in [6, 6.07) is 24.6. The van der Waals surface area contributed by atoms with Gasteiger partial charge in [-0.3, -0.25) is 14.3 Å². The second-order valence-electron chi connectivity index (χ2n) is 9.43. The van der Waals surface area contributed by atoms with E-state index in [4.69, 9.17) is 0 Å². The molecule has 1 saturated carbocycles. The van der Waals surface area contributed by atoms with Crippen molar-refractivity contribution < 1.29 is 18.0 Å². The predicted molar refractivity (Wildman–Crippen MR) is 149 cm³/mol. The van der Waals surface area contributed by atoms with Crippen LogP contribution in [0, 0.1) is 0 Å². The Morgan fingerprint density at radius 3 is 2.34 bits per heavy atom. The zero-order chi connectivity index (χ0) is 26.3. The fraction of sp³-hybridized carbons (Fsp3) is 0.172. The van der Waals surface area contributed by atoms with Gasteiger partial charge in [-0.2, -0.15) is 0 Å². The Morgan fingerprint density at radius 1 is 0.895 bits per heavy atom. The summed E-state index contributed by atoms with van der Waals surface area (Å²) >= 11 is 1.47. The van der Waals surface area contributed by atoms with Gasteiger partial charge in [0.2, 0.25) is 0 Å². The lowest BCUT2D eigenvalue weighted by Crippen LogP contribution is -2.32. The number of carbonyl (C=O) groups excluding carboxylic acids is 2. The minimum absolute atomic E-state index is 0.0287. The molecule has 2 heterocycles. The molecule has 0 atom stereocenters. The molecule has 1 aliphatic carbocycles. The highest BCUT2D eigenvalue weighted by Crippen LogP contribution is 2.42. The van der Waals surface area contributed by atoms with E-state index >= 15 is 0 Å². The van der Waals surface area contributed by atoms with Gasteiger partial charge in [0.1, 0.15) is 0 Å². The lowest BCUT2D eigenvalue weighted by atomic mass is 10.1. The molecule has 0 bridgehead atoms. The summed E-state index contributed by atoms with van der Waals surface area (Å²) in [6.45, 7) is 0.464. The molecule has 2 aliphatic rings. The smallest absolute Gasteiger partial charge is 0.261 e. The number of thiophene rings is 1. The number of carbonyl (C=O) groups is 2. The highest BCUT2D eigenvalue weighted by molar-refractivity contribution is 7.92. The molecule has 6 rings (SSSR count). The van der Waals surface area contributed by atoms with Crippen LogP contribution in [0.3, 0.4) is 0 Å². The monoisotopic (exact) mass is 543 g/mol. The van der Waals surface area contributed by atoms with Gasteiger partial charge < -0.3 is 10.2 Å². The fourth-order valence-electron chi connectivity index (χ4n) is 4.55. The lowest BCUT2D eigenvalue weighted by molar-refractivity contribution is 0.0953. The Morgan fingerprint density at radius 2 is 1.61 bits per heavy atom. The molecular formula is C29H25N3O4S2. The van der Waals surface area contributed by atoms with Crippen molar-refractivity contribution in [2.45, 2.75) is 30.2 Å². The van der Waals surface area contributed by atoms with E-state index in [-0.39, 0.29) is 16.7 Å². The number of hydrogen-bond donors (Lipinski definition) is 2. The largest absolute Gasteiger partial charge is 0.349 e. The number of hydrogen-bond acceptors (Lipinski definition) is 5. The zero-order valence-electron chi connectivity index (χ0n) is 20.4. The second kappa shape index (κ2) is 9.74. The van der Waals surface area contributed by atoms with Gasteiger partial charge in [-0.25, -0.2) is 8.42 Å². The van der Waals surface area contributed by atoms with Crippen LogP contribution >= 0.6 is 11.3 Å². The highest BCUT2D eigenvalue weighted by atomic mass is 32.2. The number of rotatable bonds is 6. The number of anilines is 2. The molecule has 0 saturated heterocycles. The first kappa shape index (κ1) is 24.4. The van der Waals surface area contributed by atoms with Crippen LogP contribution in [0.5, 0.6) is 0 Å². The molecule has 0 spiro atoms. The molecule has 38 heavy (non-hydrogen) atoms. The van der Waals surface area contributed by atoms with Gasteiger partial charge in [-0.05, 0) is 73.4 Å². The van der Waals surface area contributed by atoms with Crippen molar-refractivity contribution in [1.29, 1.82) is 0 Å². The number of nitrogens with one attached hydrogen (secondary N) is 2. The molecule has 0 radical (unpaired) electrons. The van der Waals surface area contributed by atoms with Crippen molar-refractivity contribution in [3.8, 4) is 10.4 Å². The third-order valence-electron chi connectivity index (χ3n) is 6.67. The number of sulfonamides is 1. The van der Waals surface area contributed by atoms with Crippen molar-refractivity contribution in [1.82, 2.24) is 5.32 Å². The van der Waals surface area contributed by atoms with Crippen LogP contribution in [0.4, 0.5) is 11.4 Å². The minimum atomic E-state index is -3.72. The van der Waals surface area contributed by atoms with Crippen molar-refractivity contribution in [3.05, 3.63) is 101 Å². The molecule has 7 nitrogen and oxygen atoms in total. The zero-order valence-corrected chi connectivity index (χ0v) is 22.0. The summed E-state index contributed by atoms with van der Waals surface area (Å²) in [7, 11) is -3.72. The Balaban J connectivity index is 1.24. The summed E-state index contributed by atoms with van der Waals surface area (Å²) in [5.41, 5.74) is 3.61. The van der Waals surface area contributed by atoms with Crippen LogP contribution in [0.2, 0.25) is 0 Å². The average Bonchev–Trinajstić information content (AvgIpc) is 3.67. The molecule has 192 valence electrons. The quantitative estimate of drug-likeness (QED) is 0.345. The summed E-state index contributed by atoms with van der Waals surface area (Å²) < 4.78 is 27.8. The molecule has 1 aromatic heterocycles. The van der Waals surface area contributed by atoms with E-state index in [1.807, 2.05) is 30.3 Å². The molecule has 0 unspecified atom stereocenters. The average molecular weight is 544 g/mol. The second-order valence-corrected chi connectivity index (χ2v) is 12.2. The van der Waals surface area contributed by atoms with Crippen molar-refractivity contribution in [3.63, 3.8) is 0 Å². The predicted octanol–water partition coefficient (Wildman–Crippen LogP) is 5.31. The maximum absolute atomic E-state index is 13.6. The SMILES string of the molecule is O=C(NC1CC1)c1cc2c(s1)-c1ccccc1N(C(=O)c1ccc(NS(=O)(=O)c3ccccc3)cc1)CC2. The van der Waals surface area contributed by atoms with E-state index in [0.29, 0.717) is 35.1 Å². The van der Waals surface area contributed by atoms with E-state index in [9.17, 15) is 18.0 Å². The molecule has 1 aliphatic heterocycles. The Kier molecular flexibility index (Phi) is 6.25. The van der Waals surface area contributed by atoms with E-state index in [0.717, 1.165) is 34.5 Å². The van der Waals surface area contributed by atoms with E-state index in [1.54, 1.807) is 47.4 Å². The van der Waals surface area contributed by atoms with Crippen LogP contribution in [0.25, 0.3) is 10.4 Å². The number of para-hydroxylation sites is 1. The summed E-state index contributed by atoms with van der Waals surface area (Å²) in [6.07, 6.45) is 2.70. The number of benzene rings is 3. The van der Waals surface area contributed by atoms with Crippen LogP contribution < -0.4 is 14.9 Å². The van der Waals surface area contributed by atoms with Crippen LogP contribution in [0.15, 0.2) is 89.8 Å². The van der Waals surface area contributed by atoms with Crippen molar-refractivity contribution in [2.24, 2.45) is 0 Å². The fourth-order valence-corrected chi connectivity index (χ4v) is 6.78. The highest BCUT2D eigenvalue weighted by Gasteiger charge is 2.29. The normalized spacial score (nSPS) is 14.7. The van der Waals surface area contributed by atoms with Gasteiger partial charge in [-0.15, -0.1) is 11.3 Å². The summed E-state index contributed by atoms with van der Waals surface area (Å²) in [5.74, 6) is -0.198. The maximum Gasteiger partial charge on any atom is 0.261 e. The molecular weight excluding hydrogens is 518 g/mol. The van der Waals surface area contributed by atoms with Gasteiger partial charge in [0.15, 0.2) is 0 Å². The topological polar surface area (TPSA) is 95.6 Å². The maximum atomic E-state index is 13.6. The summed E-state index contributed by atoms with van der Waals surface area (Å²) in [4.78, 5) is 29.9. The van der Waals surface area contributed by atoms with Gasteiger partial charge >= 0.3 is 0 Å². The molecule has 9 heteroatoms. The number of amides is 2. The van der Waals surface area contributed by atoms with E-state index in [2.05, 4.69) is 10.0 Å². The Bertz CT molecular complexity index is 1630. The molecule has 1 fully saturated rings. The van der Waals surface area contributed by atoms with Crippen LogP contribution in [0.1, 0.15) is 38.4 Å².